The third kappa shape index (κ3) is 4.71. The molecule has 2 fully saturated rings. The third-order valence-corrected chi connectivity index (χ3v) is 7.30. The van der Waals surface area contributed by atoms with Gasteiger partial charge in [0.15, 0.2) is 5.78 Å². The lowest BCUT2D eigenvalue weighted by atomic mass is 9.94. The number of morpholine rings is 1. The van der Waals surface area contributed by atoms with Crippen LogP contribution in [0.3, 0.4) is 0 Å². The highest BCUT2D eigenvalue weighted by atomic mass is 32.2. The predicted octanol–water partition coefficient (Wildman–Crippen LogP) is 2.01. The third-order valence-electron chi connectivity index (χ3n) is 5.41. The molecule has 0 atom stereocenters. The number of piperidine rings is 1. The van der Waals surface area contributed by atoms with E-state index in [-0.39, 0.29) is 10.7 Å². The first-order chi connectivity index (χ1) is 12.5. The Morgan fingerprint density at radius 1 is 1.15 bits per heavy atom. The van der Waals surface area contributed by atoms with Crippen molar-refractivity contribution in [1.29, 1.82) is 0 Å². The van der Waals surface area contributed by atoms with Crippen LogP contribution in [0.25, 0.3) is 0 Å². The normalized spacial score (nSPS) is 21.0. The molecule has 0 radical (unpaired) electrons. The van der Waals surface area contributed by atoms with Crippen LogP contribution in [0.2, 0.25) is 0 Å². The number of ketones is 1. The zero-order valence-electron chi connectivity index (χ0n) is 15.4. The van der Waals surface area contributed by atoms with Crippen molar-refractivity contribution in [3.8, 4) is 0 Å². The Morgan fingerprint density at radius 3 is 2.50 bits per heavy atom. The van der Waals surface area contributed by atoms with Crippen LogP contribution >= 0.6 is 0 Å². The highest BCUT2D eigenvalue weighted by Gasteiger charge is 2.29. The van der Waals surface area contributed by atoms with Gasteiger partial charge in [-0.25, -0.2) is 8.42 Å². The second kappa shape index (κ2) is 8.61. The number of carbonyl (C=O) groups is 1. The molecule has 0 amide bonds. The summed E-state index contributed by atoms with van der Waals surface area (Å²) in [6.07, 6.45) is 2.92. The predicted molar refractivity (Wildman–Crippen MR) is 99.8 cm³/mol. The highest BCUT2D eigenvalue weighted by molar-refractivity contribution is 7.89. The molecule has 0 spiro atoms. The molecule has 1 aromatic carbocycles. The lowest BCUT2D eigenvalue weighted by molar-refractivity contribution is 0.0343. The van der Waals surface area contributed by atoms with Crippen molar-refractivity contribution in [2.45, 2.75) is 31.1 Å². The van der Waals surface area contributed by atoms with Gasteiger partial charge in [-0.3, -0.25) is 9.69 Å². The summed E-state index contributed by atoms with van der Waals surface area (Å²) >= 11 is 0. The summed E-state index contributed by atoms with van der Waals surface area (Å²) in [5.41, 5.74) is 0.437. The van der Waals surface area contributed by atoms with Gasteiger partial charge < -0.3 is 4.74 Å². The van der Waals surface area contributed by atoms with E-state index in [1.54, 1.807) is 22.5 Å². The largest absolute Gasteiger partial charge is 0.379 e. The van der Waals surface area contributed by atoms with Crippen molar-refractivity contribution in [2.75, 3.05) is 45.9 Å². The SMILES string of the molecule is CC(=O)c1cccc(S(=O)(=O)N2CCC(CCN3CCOCC3)CC2)c1. The van der Waals surface area contributed by atoms with Gasteiger partial charge in [0.05, 0.1) is 18.1 Å². The minimum Gasteiger partial charge on any atom is -0.379 e. The second-order valence-corrected chi connectivity index (χ2v) is 9.11. The number of ether oxygens (including phenoxy) is 1. The van der Waals surface area contributed by atoms with Gasteiger partial charge in [-0.2, -0.15) is 4.31 Å². The molecule has 7 heteroatoms. The molecular formula is C19H28N2O4S. The molecule has 0 aromatic heterocycles. The molecule has 2 saturated heterocycles. The minimum atomic E-state index is -3.52. The molecule has 2 aliphatic heterocycles. The first-order valence-electron chi connectivity index (χ1n) is 9.38. The van der Waals surface area contributed by atoms with Gasteiger partial charge in [-0.1, -0.05) is 12.1 Å². The molecule has 0 unspecified atom stereocenters. The maximum atomic E-state index is 12.9. The number of Topliss-reactive ketones (excluding diaryl/α,β-unsaturated/α-hetero) is 1. The zero-order chi connectivity index (χ0) is 18.6. The van der Waals surface area contributed by atoms with Gasteiger partial charge in [0.2, 0.25) is 10.0 Å². The smallest absolute Gasteiger partial charge is 0.243 e. The number of hydrogen-bond donors (Lipinski definition) is 0. The van der Waals surface area contributed by atoms with E-state index in [2.05, 4.69) is 4.90 Å². The number of benzene rings is 1. The molecule has 0 saturated carbocycles. The van der Waals surface area contributed by atoms with Gasteiger partial charge >= 0.3 is 0 Å². The van der Waals surface area contributed by atoms with E-state index in [1.165, 1.54) is 13.0 Å². The summed E-state index contributed by atoms with van der Waals surface area (Å²) in [7, 11) is -3.52. The second-order valence-electron chi connectivity index (χ2n) is 7.17. The van der Waals surface area contributed by atoms with Crippen LogP contribution in [-0.4, -0.2) is 69.3 Å². The van der Waals surface area contributed by atoms with Crippen LogP contribution in [0.1, 0.15) is 36.5 Å². The van der Waals surface area contributed by atoms with E-state index in [9.17, 15) is 13.2 Å². The average Bonchev–Trinajstić information content (AvgIpc) is 2.67. The summed E-state index contributed by atoms with van der Waals surface area (Å²) in [5, 5.41) is 0. The number of carbonyl (C=O) groups excluding carboxylic acids is 1. The minimum absolute atomic E-state index is 0.121. The molecule has 26 heavy (non-hydrogen) atoms. The Hall–Kier alpha value is -1.28. The fraction of sp³-hybridized carbons (Fsp3) is 0.632. The van der Waals surface area contributed by atoms with Crippen molar-refractivity contribution < 1.29 is 17.9 Å². The van der Waals surface area contributed by atoms with Crippen molar-refractivity contribution in [1.82, 2.24) is 9.21 Å². The van der Waals surface area contributed by atoms with E-state index in [4.69, 9.17) is 4.74 Å². The molecular weight excluding hydrogens is 352 g/mol. The summed E-state index contributed by atoms with van der Waals surface area (Å²) in [6, 6.07) is 6.35. The van der Waals surface area contributed by atoms with E-state index in [1.807, 2.05) is 0 Å². The Bertz CT molecular complexity index is 721. The van der Waals surface area contributed by atoms with Crippen LogP contribution in [0, 0.1) is 5.92 Å². The molecule has 144 valence electrons. The molecule has 6 nitrogen and oxygen atoms in total. The lowest BCUT2D eigenvalue weighted by Crippen LogP contribution is -2.40. The number of hydrogen-bond acceptors (Lipinski definition) is 5. The average molecular weight is 381 g/mol. The number of sulfonamides is 1. The Labute approximate surface area is 156 Å². The van der Waals surface area contributed by atoms with Crippen LogP contribution in [-0.2, 0) is 14.8 Å². The monoisotopic (exact) mass is 380 g/mol. The highest BCUT2D eigenvalue weighted by Crippen LogP contribution is 2.26. The molecule has 2 aliphatic rings. The number of rotatable bonds is 6. The maximum absolute atomic E-state index is 12.9. The maximum Gasteiger partial charge on any atom is 0.243 e. The Kier molecular flexibility index (Phi) is 6.45. The molecule has 0 N–H and O–H groups in total. The van der Waals surface area contributed by atoms with E-state index in [0.717, 1.165) is 52.1 Å². The molecule has 1 aromatic rings. The zero-order valence-corrected chi connectivity index (χ0v) is 16.2. The fourth-order valence-corrected chi connectivity index (χ4v) is 5.17. The van der Waals surface area contributed by atoms with E-state index >= 15 is 0 Å². The van der Waals surface area contributed by atoms with Crippen LogP contribution in [0.5, 0.6) is 0 Å². The summed E-state index contributed by atoms with van der Waals surface area (Å²) in [5.74, 6) is 0.455. The summed E-state index contributed by atoms with van der Waals surface area (Å²) in [6.45, 7) is 7.26. The van der Waals surface area contributed by atoms with Crippen LogP contribution in [0.4, 0.5) is 0 Å². The van der Waals surface area contributed by atoms with E-state index in [0.29, 0.717) is 24.6 Å². The standard InChI is InChI=1S/C19H28N2O4S/c1-16(22)18-3-2-4-19(15-18)26(23,24)21-9-6-17(7-10-21)5-8-20-11-13-25-14-12-20/h2-4,15,17H,5-14H2,1H3. The topological polar surface area (TPSA) is 66.9 Å². The van der Waals surface area contributed by atoms with Crippen molar-refractivity contribution in [3.05, 3.63) is 29.8 Å². The summed E-state index contributed by atoms with van der Waals surface area (Å²) < 4.78 is 32.7. The van der Waals surface area contributed by atoms with Crippen molar-refractivity contribution in [2.24, 2.45) is 5.92 Å². The van der Waals surface area contributed by atoms with Crippen LogP contribution < -0.4 is 0 Å². The Balaban J connectivity index is 1.55. The van der Waals surface area contributed by atoms with Crippen LogP contribution in [0.15, 0.2) is 29.2 Å². The number of nitrogens with zero attached hydrogens (tertiary/aromatic N) is 2. The fourth-order valence-electron chi connectivity index (χ4n) is 3.65. The first-order valence-corrected chi connectivity index (χ1v) is 10.8. The van der Waals surface area contributed by atoms with Gasteiger partial charge in [-0.05, 0) is 50.8 Å². The van der Waals surface area contributed by atoms with Crippen molar-refractivity contribution in [3.63, 3.8) is 0 Å². The first kappa shape index (κ1) is 19.5. The van der Waals surface area contributed by atoms with Gasteiger partial charge in [-0.15, -0.1) is 0 Å². The molecule has 3 rings (SSSR count). The summed E-state index contributed by atoms with van der Waals surface area (Å²) in [4.78, 5) is 14.2. The molecule has 0 bridgehead atoms. The van der Waals surface area contributed by atoms with Gasteiger partial charge in [0, 0.05) is 31.7 Å². The quantitative estimate of drug-likeness (QED) is 0.707. The lowest BCUT2D eigenvalue weighted by Gasteiger charge is -2.33. The molecule has 0 aliphatic carbocycles. The van der Waals surface area contributed by atoms with E-state index < -0.39 is 10.0 Å². The van der Waals surface area contributed by atoms with Crippen molar-refractivity contribution >= 4 is 15.8 Å². The van der Waals surface area contributed by atoms with Gasteiger partial charge in [0.1, 0.15) is 0 Å². The van der Waals surface area contributed by atoms with Gasteiger partial charge in [0.25, 0.3) is 0 Å². The molecule has 2 heterocycles. The Morgan fingerprint density at radius 2 is 1.85 bits per heavy atom.